The molecule has 0 N–H and O–H groups in total. The van der Waals surface area contributed by atoms with Crippen LogP contribution in [0.2, 0.25) is 0 Å². The van der Waals surface area contributed by atoms with Gasteiger partial charge in [-0.2, -0.15) is 4.57 Å². The largest absolute Gasteiger partial charge is 0.371 e. The smallest absolute Gasteiger partial charge is 0.205 e. The van der Waals surface area contributed by atoms with Crippen LogP contribution in [0.3, 0.4) is 0 Å². The number of benzene rings is 2. The van der Waals surface area contributed by atoms with Gasteiger partial charge in [0, 0.05) is 80.3 Å². The number of aromatic nitrogens is 1. The highest BCUT2D eigenvalue weighted by Gasteiger charge is 2.25. The molecule has 0 amide bonds. The summed E-state index contributed by atoms with van der Waals surface area (Å²) in [6, 6.07) is 16.4. The molecule has 5 aliphatic heterocycles. The van der Waals surface area contributed by atoms with Crippen molar-refractivity contribution >= 4 is 51.2 Å². The van der Waals surface area contributed by atoms with Crippen LogP contribution in [0.15, 0.2) is 78.7 Å². The number of nitrogens with zero attached hydrogens (tertiary/aromatic N) is 4. The molecule has 6 heterocycles. The van der Waals surface area contributed by atoms with Gasteiger partial charge in [0.15, 0.2) is 12.7 Å². The molecule has 48 heavy (non-hydrogen) atoms. The molecule has 2 aromatic carbocycles. The summed E-state index contributed by atoms with van der Waals surface area (Å²) in [6.45, 7) is 8.01. The third kappa shape index (κ3) is 7.16. The second-order valence-electron chi connectivity index (χ2n) is 13.9. The highest BCUT2D eigenvalue weighted by atomic mass is 33.1. The van der Waals surface area contributed by atoms with Crippen molar-refractivity contribution in [2.24, 2.45) is 0 Å². The fourth-order valence-electron chi connectivity index (χ4n) is 8.41. The fourth-order valence-corrected chi connectivity index (χ4v) is 10.4. The Bertz CT molecular complexity index is 1690. The molecule has 0 fully saturated rings. The van der Waals surface area contributed by atoms with Crippen molar-refractivity contribution in [3.8, 4) is 0 Å². The summed E-state index contributed by atoms with van der Waals surface area (Å²) in [5.74, 6) is 2.21. The standard InChI is InChI=1S/C42H49N4S2/c1-3-19-43(39(13-1)17-15-33-29-35-9-5-21-45-22-6-10-36(30-33)41(35)45)25-27-47-48-28-26-44-20-4-2-14-40(44)18-16-34-31-37-11-7-23-46-24-8-12-38(32-34)42(37)46/h1-4,13-19,29-32H,5-12,20-28H2/q+1/b18-16+. The van der Waals surface area contributed by atoms with Gasteiger partial charge >= 0.3 is 0 Å². The van der Waals surface area contributed by atoms with Crippen molar-refractivity contribution in [1.82, 2.24) is 4.90 Å². The first-order chi connectivity index (χ1) is 23.8. The molecule has 5 aliphatic rings. The summed E-state index contributed by atoms with van der Waals surface area (Å²) in [4.78, 5) is 7.78. The van der Waals surface area contributed by atoms with Crippen LogP contribution in [-0.4, -0.2) is 55.7 Å². The SMILES string of the molecule is C1=CCN(CCSSCC[n+]2ccccc2/C=C/c2cc3c4c(c2)CCCN4CCC3)C(/C=C/c2cc3c4c(c2)CCCN4CCC3)=C1. The summed E-state index contributed by atoms with van der Waals surface area (Å²) in [5.41, 5.74) is 14.7. The molecule has 0 saturated carbocycles. The molecule has 8 rings (SSSR count). The summed E-state index contributed by atoms with van der Waals surface area (Å²) >= 11 is 0. The Kier molecular flexibility index (Phi) is 9.99. The zero-order valence-corrected chi connectivity index (χ0v) is 29.9. The van der Waals surface area contributed by atoms with E-state index in [1.807, 2.05) is 21.6 Å². The van der Waals surface area contributed by atoms with E-state index in [0.29, 0.717) is 0 Å². The molecular formula is C42H49N4S2+. The van der Waals surface area contributed by atoms with Crippen LogP contribution in [0.1, 0.15) is 64.8 Å². The predicted octanol–water partition coefficient (Wildman–Crippen LogP) is 8.39. The average molecular weight is 674 g/mol. The van der Waals surface area contributed by atoms with Crippen molar-refractivity contribution in [1.29, 1.82) is 0 Å². The Morgan fingerprint density at radius 3 is 1.88 bits per heavy atom. The van der Waals surface area contributed by atoms with E-state index in [4.69, 9.17) is 0 Å². The van der Waals surface area contributed by atoms with E-state index in [1.165, 1.54) is 100 Å². The lowest BCUT2D eigenvalue weighted by atomic mass is 9.90. The number of anilines is 2. The second kappa shape index (κ2) is 15.0. The van der Waals surface area contributed by atoms with Crippen molar-refractivity contribution in [3.05, 3.63) is 118 Å². The normalized spacial score (nSPS) is 18.4. The molecule has 1 aromatic heterocycles. The van der Waals surface area contributed by atoms with Gasteiger partial charge in [-0.05, 0) is 133 Å². The van der Waals surface area contributed by atoms with Gasteiger partial charge in [0.25, 0.3) is 0 Å². The topological polar surface area (TPSA) is 13.6 Å². The van der Waals surface area contributed by atoms with Gasteiger partial charge < -0.3 is 14.7 Å². The number of pyridine rings is 1. The summed E-state index contributed by atoms with van der Waals surface area (Å²) in [6.07, 6.45) is 28.4. The first-order valence-corrected chi connectivity index (χ1v) is 20.8. The molecule has 0 spiro atoms. The Labute approximate surface area is 295 Å². The van der Waals surface area contributed by atoms with Crippen molar-refractivity contribution < 1.29 is 4.57 Å². The Morgan fingerprint density at radius 1 is 0.667 bits per heavy atom. The van der Waals surface area contributed by atoms with Gasteiger partial charge in [-0.1, -0.05) is 39.8 Å². The Morgan fingerprint density at radius 2 is 1.25 bits per heavy atom. The van der Waals surface area contributed by atoms with Crippen LogP contribution in [-0.2, 0) is 32.2 Å². The maximum Gasteiger partial charge on any atom is 0.205 e. The highest BCUT2D eigenvalue weighted by molar-refractivity contribution is 8.76. The minimum atomic E-state index is 0.991. The maximum atomic E-state index is 2.63. The molecule has 248 valence electrons. The van der Waals surface area contributed by atoms with E-state index >= 15 is 0 Å². The van der Waals surface area contributed by atoms with E-state index in [2.05, 4.69) is 110 Å². The quantitative estimate of drug-likeness (QED) is 0.115. The molecule has 0 radical (unpaired) electrons. The summed E-state index contributed by atoms with van der Waals surface area (Å²) < 4.78 is 2.40. The van der Waals surface area contributed by atoms with Crippen molar-refractivity contribution in [2.45, 2.75) is 57.9 Å². The zero-order valence-electron chi connectivity index (χ0n) is 28.3. The molecule has 0 unspecified atom stereocenters. The van der Waals surface area contributed by atoms with E-state index in [0.717, 1.165) is 31.1 Å². The van der Waals surface area contributed by atoms with Crippen LogP contribution < -0.4 is 14.4 Å². The van der Waals surface area contributed by atoms with Gasteiger partial charge in [0.2, 0.25) is 5.69 Å². The lowest BCUT2D eigenvalue weighted by molar-refractivity contribution is -0.694. The minimum absolute atomic E-state index is 0.991. The summed E-state index contributed by atoms with van der Waals surface area (Å²) in [5, 5.41) is 0. The van der Waals surface area contributed by atoms with E-state index in [-0.39, 0.29) is 0 Å². The molecule has 0 atom stereocenters. The molecule has 0 aliphatic carbocycles. The van der Waals surface area contributed by atoms with Crippen molar-refractivity contribution in [2.75, 3.05) is 60.6 Å². The molecule has 6 heteroatoms. The predicted molar refractivity (Wildman–Crippen MR) is 209 cm³/mol. The van der Waals surface area contributed by atoms with Gasteiger partial charge in [-0.3, -0.25) is 0 Å². The molecule has 4 nitrogen and oxygen atoms in total. The van der Waals surface area contributed by atoms with Crippen LogP contribution >= 0.6 is 21.6 Å². The Hall–Kier alpha value is -3.35. The van der Waals surface area contributed by atoms with Gasteiger partial charge in [-0.15, -0.1) is 0 Å². The lowest BCUT2D eigenvalue weighted by Crippen LogP contribution is -2.37. The minimum Gasteiger partial charge on any atom is -0.371 e. The Balaban J connectivity index is 0.828. The van der Waals surface area contributed by atoms with Crippen LogP contribution in [0.25, 0.3) is 18.2 Å². The monoisotopic (exact) mass is 673 g/mol. The first-order valence-electron chi connectivity index (χ1n) is 18.3. The number of rotatable bonds is 11. The maximum absolute atomic E-state index is 2.63. The van der Waals surface area contributed by atoms with E-state index < -0.39 is 0 Å². The molecule has 0 bridgehead atoms. The molecular weight excluding hydrogens is 625 g/mol. The van der Waals surface area contributed by atoms with Crippen LogP contribution in [0, 0.1) is 0 Å². The van der Waals surface area contributed by atoms with Crippen molar-refractivity contribution in [3.63, 3.8) is 0 Å². The van der Waals surface area contributed by atoms with Gasteiger partial charge in [0.1, 0.15) is 0 Å². The molecule has 3 aromatic rings. The van der Waals surface area contributed by atoms with Crippen LogP contribution in [0.5, 0.6) is 0 Å². The average Bonchev–Trinajstić information content (AvgIpc) is 3.12. The van der Waals surface area contributed by atoms with E-state index in [1.54, 1.807) is 33.6 Å². The number of hydrogen-bond donors (Lipinski definition) is 0. The third-order valence-electron chi connectivity index (χ3n) is 10.6. The first kappa shape index (κ1) is 31.9. The molecule has 0 saturated heterocycles. The fraction of sp³-hybridized carbons (Fsp3) is 0.405. The summed E-state index contributed by atoms with van der Waals surface area (Å²) in [7, 11) is 4.01. The van der Waals surface area contributed by atoms with E-state index in [9.17, 15) is 0 Å². The highest BCUT2D eigenvalue weighted by Crippen LogP contribution is 2.38. The van der Waals surface area contributed by atoms with Crippen LogP contribution in [0.4, 0.5) is 11.4 Å². The lowest BCUT2D eigenvalue weighted by Gasteiger charge is -2.37. The third-order valence-corrected chi connectivity index (χ3v) is 13.0. The second-order valence-corrected chi connectivity index (χ2v) is 16.6. The van der Waals surface area contributed by atoms with Gasteiger partial charge in [0.05, 0.1) is 5.75 Å². The zero-order chi connectivity index (χ0) is 32.1. The number of aryl methyl sites for hydroxylation is 5. The number of allylic oxidation sites excluding steroid dienone is 3. The van der Waals surface area contributed by atoms with Gasteiger partial charge in [-0.25, -0.2) is 0 Å². The number of hydrogen-bond acceptors (Lipinski definition) is 5.